The Morgan fingerprint density at radius 3 is 2.70 bits per heavy atom. The highest BCUT2D eigenvalue weighted by molar-refractivity contribution is 7.13. The zero-order valence-electron chi connectivity index (χ0n) is 15.5. The molecule has 0 spiro atoms. The molecule has 0 fully saturated rings. The molecule has 0 amide bonds. The Morgan fingerprint density at radius 2 is 1.83 bits per heavy atom. The second kappa shape index (κ2) is 6.50. The lowest BCUT2D eigenvalue weighted by molar-refractivity contribution is 0.473. The lowest BCUT2D eigenvalue weighted by Gasteiger charge is -2.02. The van der Waals surface area contributed by atoms with Gasteiger partial charge in [-0.1, -0.05) is 6.07 Å². The van der Waals surface area contributed by atoms with Gasteiger partial charge in [0.25, 0.3) is 0 Å². The third-order valence-electron chi connectivity index (χ3n) is 5.05. The fourth-order valence-electron chi connectivity index (χ4n) is 3.65. The highest BCUT2D eigenvalue weighted by Crippen LogP contribution is 2.35. The summed E-state index contributed by atoms with van der Waals surface area (Å²) in [6.07, 6.45) is 6.65. The van der Waals surface area contributed by atoms with Gasteiger partial charge < -0.3 is 10.1 Å². The molecule has 7 nitrogen and oxygen atoms in total. The lowest BCUT2D eigenvalue weighted by atomic mass is 10.1. The van der Waals surface area contributed by atoms with Crippen LogP contribution >= 0.6 is 11.3 Å². The summed E-state index contributed by atoms with van der Waals surface area (Å²) in [4.78, 5) is 17.6. The summed E-state index contributed by atoms with van der Waals surface area (Å²) in [6, 6.07) is 11.9. The molecule has 0 aliphatic heterocycles. The second-order valence-corrected chi connectivity index (χ2v) is 7.85. The van der Waals surface area contributed by atoms with Gasteiger partial charge in [-0.25, -0.2) is 9.97 Å². The number of H-pyrrole nitrogens is 2. The second-order valence-electron chi connectivity index (χ2n) is 6.91. The molecule has 0 radical (unpaired) electrons. The molecule has 6 heterocycles. The van der Waals surface area contributed by atoms with Gasteiger partial charge in [0.05, 0.1) is 11.9 Å². The summed E-state index contributed by atoms with van der Waals surface area (Å²) < 4.78 is 0. The summed E-state index contributed by atoms with van der Waals surface area (Å²) in [5.74, 6) is 0.114. The molecule has 8 heteroatoms. The van der Waals surface area contributed by atoms with E-state index in [9.17, 15) is 5.11 Å². The average molecular weight is 410 g/mol. The van der Waals surface area contributed by atoms with Crippen LogP contribution in [0.15, 0.2) is 66.6 Å². The Kier molecular flexibility index (Phi) is 3.65. The largest absolute Gasteiger partial charge is 0.506 e. The summed E-state index contributed by atoms with van der Waals surface area (Å²) in [5.41, 5.74) is 5.91. The molecule has 0 aliphatic carbocycles. The number of hydrogen-bond acceptors (Lipinski definition) is 6. The first-order valence-electron chi connectivity index (χ1n) is 9.27. The molecule has 3 N–H and O–H groups in total. The molecule has 6 aromatic heterocycles. The van der Waals surface area contributed by atoms with Gasteiger partial charge in [0, 0.05) is 50.9 Å². The van der Waals surface area contributed by atoms with Crippen molar-refractivity contribution in [1.29, 1.82) is 0 Å². The summed E-state index contributed by atoms with van der Waals surface area (Å²) >= 11 is 1.70. The van der Waals surface area contributed by atoms with E-state index in [1.54, 1.807) is 29.8 Å². The SMILES string of the molecule is Oc1cncc(-c2cnc3[nH]nc(-c4cc5c(-c6cccs6)ccnc5[nH]4)c3c2)c1. The first-order valence-corrected chi connectivity index (χ1v) is 10.1. The molecule has 0 aliphatic rings. The average Bonchev–Trinajstić information content (AvgIpc) is 3.51. The third kappa shape index (κ3) is 2.66. The van der Waals surface area contributed by atoms with Gasteiger partial charge in [-0.2, -0.15) is 5.10 Å². The molecular weight excluding hydrogens is 396 g/mol. The van der Waals surface area contributed by atoms with Crippen LogP contribution in [-0.4, -0.2) is 35.2 Å². The zero-order chi connectivity index (χ0) is 20.1. The van der Waals surface area contributed by atoms with Gasteiger partial charge in [0.1, 0.15) is 17.1 Å². The Bertz CT molecular complexity index is 1520. The number of aromatic amines is 2. The smallest absolute Gasteiger partial charge is 0.155 e. The van der Waals surface area contributed by atoms with Gasteiger partial charge in [-0.15, -0.1) is 11.3 Å². The number of nitrogens with zero attached hydrogens (tertiary/aromatic N) is 4. The molecule has 0 aromatic carbocycles. The minimum atomic E-state index is 0.114. The number of aromatic nitrogens is 6. The Hall–Kier alpha value is -4.04. The van der Waals surface area contributed by atoms with Crippen molar-refractivity contribution in [2.75, 3.05) is 0 Å². The molecule has 0 unspecified atom stereocenters. The van der Waals surface area contributed by atoms with Crippen LogP contribution in [0.3, 0.4) is 0 Å². The molecule has 144 valence electrons. The van der Waals surface area contributed by atoms with E-state index in [4.69, 9.17) is 0 Å². The van der Waals surface area contributed by atoms with Crippen LogP contribution < -0.4 is 0 Å². The Balaban J connectivity index is 1.52. The molecular formula is C22H14N6OS. The van der Waals surface area contributed by atoms with Crippen LogP contribution in [0.5, 0.6) is 5.75 Å². The minimum Gasteiger partial charge on any atom is -0.506 e. The normalized spacial score (nSPS) is 11.5. The summed E-state index contributed by atoms with van der Waals surface area (Å²) in [6.45, 7) is 0. The fourth-order valence-corrected chi connectivity index (χ4v) is 4.42. The molecule has 6 rings (SSSR count). The number of fused-ring (bicyclic) bond motifs is 2. The van der Waals surface area contributed by atoms with Gasteiger partial charge in [-0.05, 0) is 35.7 Å². The maximum Gasteiger partial charge on any atom is 0.155 e. The van der Waals surface area contributed by atoms with E-state index in [-0.39, 0.29) is 5.75 Å². The highest BCUT2D eigenvalue weighted by Gasteiger charge is 2.16. The van der Waals surface area contributed by atoms with Gasteiger partial charge in [-0.3, -0.25) is 10.1 Å². The highest BCUT2D eigenvalue weighted by atomic mass is 32.1. The number of hydrogen-bond donors (Lipinski definition) is 3. The van der Waals surface area contributed by atoms with E-state index in [0.717, 1.165) is 44.5 Å². The van der Waals surface area contributed by atoms with E-state index in [1.807, 2.05) is 24.4 Å². The van der Waals surface area contributed by atoms with Crippen molar-refractivity contribution in [3.8, 4) is 38.7 Å². The number of thiophene rings is 1. The topological polar surface area (TPSA) is 103 Å². The zero-order valence-corrected chi connectivity index (χ0v) is 16.3. The van der Waals surface area contributed by atoms with E-state index in [1.165, 1.54) is 11.1 Å². The number of rotatable bonds is 3. The fraction of sp³-hybridized carbons (Fsp3) is 0. The quantitative estimate of drug-likeness (QED) is 0.381. The number of nitrogens with one attached hydrogen (secondary N) is 2. The molecule has 0 bridgehead atoms. The summed E-state index contributed by atoms with van der Waals surface area (Å²) in [7, 11) is 0. The van der Waals surface area contributed by atoms with E-state index in [2.05, 4.69) is 47.6 Å². The van der Waals surface area contributed by atoms with Crippen molar-refractivity contribution in [3.05, 3.63) is 66.6 Å². The molecule has 6 aromatic rings. The van der Waals surface area contributed by atoms with Crippen LogP contribution in [0.25, 0.3) is 55.0 Å². The summed E-state index contributed by atoms with van der Waals surface area (Å²) in [5, 5.41) is 21.2. The van der Waals surface area contributed by atoms with E-state index < -0.39 is 0 Å². The molecule has 0 saturated carbocycles. The van der Waals surface area contributed by atoms with E-state index >= 15 is 0 Å². The van der Waals surface area contributed by atoms with Crippen LogP contribution in [-0.2, 0) is 0 Å². The maximum atomic E-state index is 9.75. The van der Waals surface area contributed by atoms with Crippen LogP contribution in [0, 0.1) is 0 Å². The number of aromatic hydroxyl groups is 1. The van der Waals surface area contributed by atoms with Crippen molar-refractivity contribution in [2.24, 2.45) is 0 Å². The third-order valence-corrected chi connectivity index (χ3v) is 5.95. The first kappa shape index (κ1) is 16.9. The predicted octanol–water partition coefficient (Wildman–Crippen LogP) is 5.00. The van der Waals surface area contributed by atoms with Crippen LogP contribution in [0.2, 0.25) is 0 Å². The number of pyridine rings is 3. The Morgan fingerprint density at radius 1 is 0.900 bits per heavy atom. The van der Waals surface area contributed by atoms with Crippen molar-refractivity contribution in [3.63, 3.8) is 0 Å². The predicted molar refractivity (Wildman–Crippen MR) is 117 cm³/mol. The van der Waals surface area contributed by atoms with E-state index in [0.29, 0.717) is 5.65 Å². The van der Waals surface area contributed by atoms with Crippen LogP contribution in [0.1, 0.15) is 0 Å². The van der Waals surface area contributed by atoms with Crippen LogP contribution in [0.4, 0.5) is 0 Å². The van der Waals surface area contributed by atoms with Crippen molar-refractivity contribution >= 4 is 33.4 Å². The molecule has 0 saturated heterocycles. The lowest BCUT2D eigenvalue weighted by Crippen LogP contribution is -1.84. The van der Waals surface area contributed by atoms with Gasteiger partial charge >= 0.3 is 0 Å². The standard InChI is InChI=1S/C22H14N6OS/c29-14-6-12(9-23-11-14)13-7-17-20(27-28-22(17)25-10-13)18-8-16-15(19-2-1-5-30-19)3-4-24-21(16)26-18/h1-11,29H,(H,24,26)(H,25,27,28). The Labute approximate surface area is 174 Å². The van der Waals surface area contributed by atoms with Gasteiger partial charge in [0.2, 0.25) is 0 Å². The monoisotopic (exact) mass is 410 g/mol. The minimum absolute atomic E-state index is 0.114. The van der Waals surface area contributed by atoms with Crippen molar-refractivity contribution < 1.29 is 5.11 Å². The van der Waals surface area contributed by atoms with Crippen molar-refractivity contribution in [1.82, 2.24) is 30.1 Å². The molecule has 30 heavy (non-hydrogen) atoms. The first-order chi connectivity index (χ1) is 14.8. The maximum absolute atomic E-state index is 9.75. The molecule has 0 atom stereocenters. The van der Waals surface area contributed by atoms with Crippen molar-refractivity contribution in [2.45, 2.75) is 0 Å². The van der Waals surface area contributed by atoms with Gasteiger partial charge in [0.15, 0.2) is 5.65 Å².